The van der Waals surface area contributed by atoms with Crippen molar-refractivity contribution in [2.24, 2.45) is 4.99 Å². The molecule has 0 spiro atoms. The first kappa shape index (κ1) is 20.4. The highest BCUT2D eigenvalue weighted by Gasteiger charge is 2.29. The van der Waals surface area contributed by atoms with Gasteiger partial charge in [0.05, 0.1) is 17.8 Å². The molecule has 4 nitrogen and oxygen atoms in total. The molecular weight excluding hydrogens is 392 g/mol. The Balaban J connectivity index is 1.70. The monoisotopic (exact) mass is 418 g/mol. The Bertz CT molecular complexity index is 1030. The Morgan fingerprint density at radius 1 is 0.933 bits per heavy atom. The first-order valence-electron chi connectivity index (χ1n) is 10.1. The van der Waals surface area contributed by atoms with Crippen LogP contribution in [0.2, 0.25) is 0 Å². The van der Waals surface area contributed by atoms with Crippen molar-refractivity contribution in [3.8, 4) is 11.1 Å². The maximum absolute atomic E-state index is 12.5. The lowest BCUT2D eigenvalue weighted by atomic mass is 10.1. The van der Waals surface area contributed by atoms with Crippen molar-refractivity contribution < 1.29 is 9.53 Å². The molecule has 0 saturated carbocycles. The van der Waals surface area contributed by atoms with Crippen LogP contribution < -0.4 is 5.32 Å². The van der Waals surface area contributed by atoms with Gasteiger partial charge in [0, 0.05) is 16.0 Å². The number of hydrogen-bond donors (Lipinski definition) is 1. The maximum Gasteiger partial charge on any atom is 0.408 e. The lowest BCUT2D eigenvalue weighted by Crippen LogP contribution is -2.38. The lowest BCUT2D eigenvalue weighted by molar-refractivity contribution is 0.0498. The standard InChI is InChI=1S/C25H26N2O2S/c1-16(22(21-14-9-15-30-21)27-24(28)29-25(2,3)4)26-23-19-12-7-5-10-17(19)18-11-6-8-13-20(18)23/h5-16,22H,1-4H3,(H,27,28). The maximum atomic E-state index is 12.5. The van der Waals surface area contributed by atoms with Crippen molar-refractivity contribution in [1.82, 2.24) is 5.32 Å². The van der Waals surface area contributed by atoms with Gasteiger partial charge in [0.15, 0.2) is 0 Å². The van der Waals surface area contributed by atoms with Crippen LogP contribution in [0.5, 0.6) is 0 Å². The average molecular weight is 419 g/mol. The van der Waals surface area contributed by atoms with Crippen LogP contribution in [0.1, 0.15) is 49.7 Å². The van der Waals surface area contributed by atoms with E-state index < -0.39 is 11.7 Å². The van der Waals surface area contributed by atoms with Gasteiger partial charge in [-0.15, -0.1) is 11.3 Å². The minimum Gasteiger partial charge on any atom is -0.444 e. The number of aliphatic imine (C=N–C) groups is 1. The minimum absolute atomic E-state index is 0.176. The van der Waals surface area contributed by atoms with Crippen molar-refractivity contribution in [2.45, 2.75) is 45.4 Å². The second-order valence-electron chi connectivity index (χ2n) is 8.45. The summed E-state index contributed by atoms with van der Waals surface area (Å²) in [5.74, 6) is 0. The second kappa shape index (κ2) is 8.07. The fourth-order valence-corrected chi connectivity index (χ4v) is 4.62. The first-order valence-corrected chi connectivity index (χ1v) is 11.0. The van der Waals surface area contributed by atoms with Crippen LogP contribution in [-0.2, 0) is 4.74 Å². The highest BCUT2D eigenvalue weighted by atomic mass is 32.1. The molecule has 154 valence electrons. The van der Waals surface area contributed by atoms with Crippen LogP contribution in [-0.4, -0.2) is 23.4 Å². The van der Waals surface area contributed by atoms with E-state index in [2.05, 4.69) is 41.7 Å². The first-order chi connectivity index (χ1) is 14.3. The molecule has 5 heteroatoms. The van der Waals surface area contributed by atoms with Gasteiger partial charge in [0.1, 0.15) is 5.60 Å². The normalized spacial score (nSPS) is 14.5. The van der Waals surface area contributed by atoms with Crippen molar-refractivity contribution in [2.75, 3.05) is 0 Å². The summed E-state index contributed by atoms with van der Waals surface area (Å²) in [6.45, 7) is 7.63. The van der Waals surface area contributed by atoms with Crippen LogP contribution >= 0.6 is 11.3 Å². The topological polar surface area (TPSA) is 50.7 Å². The largest absolute Gasteiger partial charge is 0.444 e. The molecule has 1 amide bonds. The van der Waals surface area contributed by atoms with Crippen LogP contribution in [0, 0.1) is 0 Å². The van der Waals surface area contributed by atoms with Gasteiger partial charge in [-0.25, -0.2) is 4.79 Å². The third-order valence-corrected chi connectivity index (χ3v) is 5.95. The molecule has 0 radical (unpaired) electrons. The van der Waals surface area contributed by atoms with Crippen molar-refractivity contribution in [1.29, 1.82) is 0 Å². The Kier molecular flexibility index (Phi) is 5.48. The number of alkyl carbamates (subject to hydrolysis) is 1. The molecule has 0 bridgehead atoms. The summed E-state index contributed by atoms with van der Waals surface area (Å²) >= 11 is 1.61. The van der Waals surface area contributed by atoms with Gasteiger partial charge in [-0.3, -0.25) is 4.99 Å². The predicted molar refractivity (Wildman–Crippen MR) is 123 cm³/mol. The van der Waals surface area contributed by atoms with Gasteiger partial charge in [0.25, 0.3) is 0 Å². The van der Waals surface area contributed by atoms with E-state index in [1.54, 1.807) is 11.3 Å². The number of rotatable bonds is 4. The minimum atomic E-state index is -0.553. The fourth-order valence-electron chi connectivity index (χ4n) is 3.74. The molecule has 30 heavy (non-hydrogen) atoms. The Hall–Kier alpha value is -2.92. The van der Waals surface area contributed by atoms with Gasteiger partial charge in [-0.1, -0.05) is 54.6 Å². The molecule has 2 unspecified atom stereocenters. The van der Waals surface area contributed by atoms with Crippen LogP contribution in [0.15, 0.2) is 71.0 Å². The molecule has 1 aliphatic carbocycles. The Labute approximate surface area is 181 Å². The predicted octanol–water partition coefficient (Wildman–Crippen LogP) is 6.22. The third-order valence-electron chi connectivity index (χ3n) is 4.99. The molecule has 1 aromatic heterocycles. The molecule has 1 aliphatic rings. The van der Waals surface area contributed by atoms with Crippen LogP contribution in [0.3, 0.4) is 0 Å². The molecule has 1 heterocycles. The Morgan fingerprint density at radius 3 is 2.00 bits per heavy atom. The molecule has 2 atom stereocenters. The van der Waals surface area contributed by atoms with E-state index in [4.69, 9.17) is 9.73 Å². The van der Waals surface area contributed by atoms with E-state index >= 15 is 0 Å². The molecule has 0 fully saturated rings. The van der Waals surface area contributed by atoms with Crippen molar-refractivity contribution in [3.63, 3.8) is 0 Å². The fraction of sp³-hybridized carbons (Fsp3) is 0.280. The smallest absolute Gasteiger partial charge is 0.408 e. The quantitative estimate of drug-likeness (QED) is 0.428. The summed E-state index contributed by atoms with van der Waals surface area (Å²) in [6, 6.07) is 20.3. The number of carbonyl (C=O) groups is 1. The van der Waals surface area contributed by atoms with E-state index in [9.17, 15) is 4.79 Å². The number of hydrogen-bond acceptors (Lipinski definition) is 4. The van der Waals surface area contributed by atoms with Gasteiger partial charge in [-0.2, -0.15) is 0 Å². The lowest BCUT2D eigenvalue weighted by Gasteiger charge is -2.25. The van der Waals surface area contributed by atoms with Gasteiger partial charge < -0.3 is 10.1 Å². The SMILES string of the molecule is CC(N=C1c2ccccc2-c2ccccc21)C(NC(=O)OC(C)(C)C)c1cccs1. The molecule has 0 aliphatic heterocycles. The zero-order valence-electron chi connectivity index (χ0n) is 17.7. The molecule has 4 rings (SSSR count). The Morgan fingerprint density at radius 2 is 1.50 bits per heavy atom. The number of amides is 1. The molecule has 3 aromatic rings. The van der Waals surface area contributed by atoms with Gasteiger partial charge in [0.2, 0.25) is 0 Å². The summed E-state index contributed by atoms with van der Waals surface area (Å²) in [4.78, 5) is 18.7. The number of nitrogens with one attached hydrogen (secondary N) is 1. The van der Waals surface area contributed by atoms with Crippen molar-refractivity contribution >= 4 is 23.1 Å². The number of fused-ring (bicyclic) bond motifs is 3. The van der Waals surface area contributed by atoms with E-state index in [0.29, 0.717) is 0 Å². The average Bonchev–Trinajstić information content (AvgIpc) is 3.32. The summed E-state index contributed by atoms with van der Waals surface area (Å²) in [5.41, 5.74) is 5.09. The summed E-state index contributed by atoms with van der Waals surface area (Å²) in [5, 5.41) is 5.05. The van der Waals surface area contributed by atoms with Crippen LogP contribution in [0.4, 0.5) is 4.79 Å². The number of carbonyl (C=O) groups excluding carboxylic acids is 1. The molecular formula is C25H26N2O2S. The second-order valence-corrected chi connectivity index (χ2v) is 9.43. The van der Waals surface area contributed by atoms with Crippen LogP contribution in [0.25, 0.3) is 11.1 Å². The summed E-state index contributed by atoms with van der Waals surface area (Å²) in [7, 11) is 0. The zero-order valence-corrected chi connectivity index (χ0v) is 18.5. The van der Waals surface area contributed by atoms with E-state index in [-0.39, 0.29) is 12.1 Å². The van der Waals surface area contributed by atoms with Gasteiger partial charge in [-0.05, 0) is 50.3 Å². The highest BCUT2D eigenvalue weighted by Crippen LogP contribution is 2.37. The number of benzene rings is 2. The van der Waals surface area contributed by atoms with E-state index in [1.807, 2.05) is 57.3 Å². The number of ether oxygens (including phenoxy) is 1. The number of thiophene rings is 1. The van der Waals surface area contributed by atoms with E-state index in [0.717, 1.165) is 21.7 Å². The third kappa shape index (κ3) is 4.17. The highest BCUT2D eigenvalue weighted by molar-refractivity contribution is 7.10. The molecule has 0 saturated heterocycles. The van der Waals surface area contributed by atoms with Crippen molar-refractivity contribution in [3.05, 3.63) is 82.0 Å². The van der Waals surface area contributed by atoms with Gasteiger partial charge >= 0.3 is 6.09 Å². The molecule has 2 aromatic carbocycles. The molecule has 1 N–H and O–H groups in total. The van der Waals surface area contributed by atoms with E-state index in [1.165, 1.54) is 11.1 Å². The zero-order chi connectivity index (χ0) is 21.3. The summed E-state index contributed by atoms with van der Waals surface area (Å²) in [6.07, 6.45) is -0.430. The summed E-state index contributed by atoms with van der Waals surface area (Å²) < 4.78 is 5.51. The number of nitrogens with zero attached hydrogens (tertiary/aromatic N) is 1.